The summed E-state index contributed by atoms with van der Waals surface area (Å²) in [6.07, 6.45) is 0. The number of nitro groups is 1. The van der Waals surface area contributed by atoms with Crippen molar-refractivity contribution in [3.05, 3.63) is 51.4 Å². The van der Waals surface area contributed by atoms with Crippen LogP contribution in [0, 0.1) is 21.4 Å². The van der Waals surface area contributed by atoms with Crippen molar-refractivity contribution in [3.8, 4) is 28.2 Å². The molecular formula is C13H6N4O3S. The van der Waals surface area contributed by atoms with Gasteiger partial charge in [-0.3, -0.25) is 10.1 Å². The second-order valence-corrected chi connectivity index (χ2v) is 5.09. The number of nitriles is 1. The number of non-ortho nitro benzene ring substituents is 1. The molecule has 8 heteroatoms. The topological polar surface area (TPSA) is 106 Å². The van der Waals surface area contributed by atoms with E-state index in [-0.39, 0.29) is 17.4 Å². The van der Waals surface area contributed by atoms with Gasteiger partial charge >= 0.3 is 0 Å². The van der Waals surface area contributed by atoms with E-state index in [0.29, 0.717) is 15.3 Å². The highest BCUT2D eigenvalue weighted by Gasteiger charge is 2.15. The molecule has 2 heterocycles. The summed E-state index contributed by atoms with van der Waals surface area (Å²) in [4.78, 5) is 15.7. The predicted octanol–water partition coefficient (Wildman–Crippen LogP) is 3.24. The van der Waals surface area contributed by atoms with E-state index in [4.69, 9.17) is 9.78 Å². The molecule has 0 atom stereocenters. The molecule has 21 heavy (non-hydrogen) atoms. The third kappa shape index (κ3) is 2.50. The molecule has 0 amide bonds. The van der Waals surface area contributed by atoms with Crippen LogP contribution in [0.4, 0.5) is 5.69 Å². The minimum absolute atomic E-state index is 0.0401. The molecule has 1 aromatic carbocycles. The summed E-state index contributed by atoms with van der Waals surface area (Å²) >= 11 is 1.24. The van der Waals surface area contributed by atoms with Gasteiger partial charge in [0.1, 0.15) is 10.9 Å². The van der Waals surface area contributed by atoms with Gasteiger partial charge in [-0.1, -0.05) is 17.3 Å². The van der Waals surface area contributed by atoms with E-state index in [1.807, 2.05) is 6.07 Å². The monoisotopic (exact) mass is 298 g/mol. The van der Waals surface area contributed by atoms with Gasteiger partial charge in [0.25, 0.3) is 11.6 Å². The van der Waals surface area contributed by atoms with E-state index in [1.165, 1.54) is 23.5 Å². The van der Waals surface area contributed by atoms with Crippen LogP contribution < -0.4 is 0 Å². The van der Waals surface area contributed by atoms with Crippen LogP contribution in [0.3, 0.4) is 0 Å². The second kappa shape index (κ2) is 5.15. The Morgan fingerprint density at radius 3 is 2.90 bits per heavy atom. The number of nitro benzene ring substituents is 1. The van der Waals surface area contributed by atoms with Crippen LogP contribution in [-0.2, 0) is 0 Å². The van der Waals surface area contributed by atoms with E-state index in [2.05, 4.69) is 10.1 Å². The van der Waals surface area contributed by atoms with Crippen molar-refractivity contribution in [2.24, 2.45) is 0 Å². The number of benzene rings is 1. The zero-order valence-electron chi connectivity index (χ0n) is 10.4. The van der Waals surface area contributed by atoms with Crippen molar-refractivity contribution in [2.75, 3.05) is 0 Å². The van der Waals surface area contributed by atoms with E-state index in [1.54, 1.807) is 24.3 Å². The molecule has 0 radical (unpaired) electrons. The largest absolute Gasteiger partial charge is 0.333 e. The lowest BCUT2D eigenvalue weighted by atomic mass is 10.2. The van der Waals surface area contributed by atoms with Crippen molar-refractivity contribution in [1.29, 1.82) is 5.26 Å². The van der Waals surface area contributed by atoms with Crippen molar-refractivity contribution >= 4 is 17.0 Å². The lowest BCUT2D eigenvalue weighted by molar-refractivity contribution is -0.384. The quantitative estimate of drug-likeness (QED) is 0.542. The first-order valence-electron chi connectivity index (χ1n) is 5.76. The summed E-state index contributed by atoms with van der Waals surface area (Å²) in [5.74, 6) is 0.545. The van der Waals surface area contributed by atoms with Gasteiger partial charge in [-0.05, 0) is 12.1 Å². The molecule has 102 valence electrons. The molecule has 0 aliphatic heterocycles. The zero-order chi connectivity index (χ0) is 14.8. The Hall–Kier alpha value is -3.05. The highest BCUT2D eigenvalue weighted by atomic mass is 32.1. The molecule has 0 fully saturated rings. The van der Waals surface area contributed by atoms with Crippen molar-refractivity contribution in [1.82, 2.24) is 10.1 Å². The smallest absolute Gasteiger partial charge is 0.270 e. The molecule has 7 nitrogen and oxygen atoms in total. The molecule has 0 aliphatic rings. The standard InChI is InChI=1S/C13H6N4O3S/c14-7-10-4-5-11(21-10)13-15-12(16-20-13)8-2-1-3-9(6-8)17(18)19/h1-6H. The molecule has 0 unspecified atom stereocenters. The average Bonchev–Trinajstić information content (AvgIpc) is 3.16. The lowest BCUT2D eigenvalue weighted by Gasteiger charge is -1.94. The summed E-state index contributed by atoms with van der Waals surface area (Å²) in [5.41, 5.74) is 0.456. The molecule has 3 rings (SSSR count). The number of hydrogen-bond donors (Lipinski definition) is 0. The third-order valence-electron chi connectivity index (χ3n) is 2.67. The molecule has 0 spiro atoms. The van der Waals surface area contributed by atoms with E-state index in [0.717, 1.165) is 0 Å². The van der Waals surface area contributed by atoms with Crippen molar-refractivity contribution < 1.29 is 9.45 Å². The molecule has 0 saturated heterocycles. The molecule has 0 N–H and O–H groups in total. The maximum Gasteiger partial charge on any atom is 0.270 e. The van der Waals surface area contributed by atoms with E-state index >= 15 is 0 Å². The Balaban J connectivity index is 1.96. The fourth-order valence-corrected chi connectivity index (χ4v) is 2.44. The fourth-order valence-electron chi connectivity index (χ4n) is 1.71. The highest BCUT2D eigenvalue weighted by Crippen LogP contribution is 2.29. The fraction of sp³-hybridized carbons (Fsp3) is 0. The first-order chi connectivity index (χ1) is 10.2. The van der Waals surface area contributed by atoms with Gasteiger partial charge in [-0.15, -0.1) is 11.3 Å². The number of thiophene rings is 1. The van der Waals surface area contributed by atoms with Gasteiger partial charge in [-0.25, -0.2) is 0 Å². The Morgan fingerprint density at radius 1 is 1.33 bits per heavy atom. The molecule has 0 aliphatic carbocycles. The van der Waals surface area contributed by atoms with Crippen LogP contribution in [-0.4, -0.2) is 15.1 Å². The second-order valence-electron chi connectivity index (χ2n) is 4.01. The number of aromatic nitrogens is 2. The van der Waals surface area contributed by atoms with Gasteiger partial charge in [0.05, 0.1) is 9.80 Å². The Bertz CT molecular complexity index is 862. The SMILES string of the molecule is N#Cc1ccc(-c2nc(-c3cccc([N+](=O)[O-])c3)no2)s1. The Kier molecular flexibility index (Phi) is 3.17. The van der Waals surface area contributed by atoms with E-state index in [9.17, 15) is 10.1 Å². The summed E-state index contributed by atoms with van der Waals surface area (Å²) in [6, 6.07) is 11.4. The molecule has 0 bridgehead atoms. The first-order valence-corrected chi connectivity index (χ1v) is 6.58. The van der Waals surface area contributed by atoms with Gasteiger partial charge in [0, 0.05) is 17.7 Å². The van der Waals surface area contributed by atoms with Gasteiger partial charge in [0.2, 0.25) is 5.82 Å². The summed E-state index contributed by atoms with van der Waals surface area (Å²) in [5, 5.41) is 23.4. The minimum Gasteiger partial charge on any atom is -0.333 e. The van der Waals surface area contributed by atoms with Crippen LogP contribution in [0.15, 0.2) is 40.9 Å². The third-order valence-corrected chi connectivity index (χ3v) is 3.65. The highest BCUT2D eigenvalue weighted by molar-refractivity contribution is 7.15. The zero-order valence-corrected chi connectivity index (χ0v) is 11.2. The summed E-state index contributed by atoms with van der Waals surface area (Å²) < 4.78 is 5.13. The first kappa shape index (κ1) is 13.0. The summed E-state index contributed by atoms with van der Waals surface area (Å²) in [7, 11) is 0. The van der Waals surface area contributed by atoms with Gasteiger partial charge < -0.3 is 4.52 Å². The Labute approximate surface area is 122 Å². The number of nitrogens with zero attached hydrogens (tertiary/aromatic N) is 4. The minimum atomic E-state index is -0.483. The van der Waals surface area contributed by atoms with Crippen LogP contribution in [0.25, 0.3) is 22.2 Å². The Morgan fingerprint density at radius 2 is 2.19 bits per heavy atom. The lowest BCUT2D eigenvalue weighted by Crippen LogP contribution is -1.88. The van der Waals surface area contributed by atoms with E-state index < -0.39 is 4.92 Å². The van der Waals surface area contributed by atoms with Crippen LogP contribution in [0.1, 0.15) is 4.88 Å². The average molecular weight is 298 g/mol. The number of hydrogen-bond acceptors (Lipinski definition) is 7. The molecule has 0 saturated carbocycles. The normalized spacial score (nSPS) is 10.2. The van der Waals surface area contributed by atoms with Crippen molar-refractivity contribution in [3.63, 3.8) is 0 Å². The molecule has 2 aromatic heterocycles. The molecular weight excluding hydrogens is 292 g/mol. The summed E-state index contributed by atoms with van der Waals surface area (Å²) in [6.45, 7) is 0. The van der Waals surface area contributed by atoms with Gasteiger partial charge in [-0.2, -0.15) is 10.2 Å². The number of rotatable bonds is 3. The van der Waals surface area contributed by atoms with Crippen molar-refractivity contribution in [2.45, 2.75) is 0 Å². The van der Waals surface area contributed by atoms with Crippen LogP contribution in [0.2, 0.25) is 0 Å². The maximum atomic E-state index is 10.8. The van der Waals surface area contributed by atoms with Crippen LogP contribution in [0.5, 0.6) is 0 Å². The van der Waals surface area contributed by atoms with Gasteiger partial charge in [0.15, 0.2) is 0 Å². The maximum absolute atomic E-state index is 10.8. The predicted molar refractivity (Wildman–Crippen MR) is 74.4 cm³/mol. The van der Waals surface area contributed by atoms with Crippen LogP contribution >= 0.6 is 11.3 Å². The molecule has 3 aromatic rings.